The van der Waals surface area contributed by atoms with Gasteiger partial charge < -0.3 is 71.6 Å². The number of alkyl carbamates (subject to hydrolysis) is 1. The second-order valence-corrected chi connectivity index (χ2v) is 36.8. The van der Waals surface area contributed by atoms with E-state index in [0.29, 0.717) is 16.7 Å². The minimum Gasteiger partial charge on any atom is -0.450 e. The van der Waals surface area contributed by atoms with E-state index in [4.69, 9.17) is 9.47 Å². The number of amides is 12. The quantitative estimate of drug-likeness (QED) is 0.0184. The van der Waals surface area contributed by atoms with Crippen LogP contribution in [-0.4, -0.2) is 232 Å². The molecule has 1 heterocycles. The zero-order valence-corrected chi connectivity index (χ0v) is 70.3. The van der Waals surface area contributed by atoms with Gasteiger partial charge in [-0.2, -0.15) is 0 Å². The molecule has 0 spiro atoms. The molecule has 1 aliphatic heterocycles. The van der Waals surface area contributed by atoms with Crippen molar-refractivity contribution in [2.75, 3.05) is 52.8 Å². The average molecular weight is 1600 g/mol. The molecule has 27 nitrogen and oxygen atoms in total. The first kappa shape index (κ1) is 94.1. The molecule has 1 saturated heterocycles. The van der Waals surface area contributed by atoms with Gasteiger partial charge in [0.05, 0.1) is 5.75 Å². The van der Waals surface area contributed by atoms with Crippen LogP contribution in [0.25, 0.3) is 0 Å². The van der Waals surface area contributed by atoms with E-state index in [1.807, 2.05) is 69.2 Å². The molecule has 3 aromatic rings. The van der Waals surface area contributed by atoms with Crippen LogP contribution in [0.15, 0.2) is 104 Å². The van der Waals surface area contributed by atoms with E-state index < -0.39 is 150 Å². The molecule has 608 valence electrons. The lowest BCUT2D eigenvalue weighted by molar-refractivity contribution is -0.157. The van der Waals surface area contributed by atoms with Gasteiger partial charge >= 0.3 is 12.1 Å². The second kappa shape index (κ2) is 45.9. The van der Waals surface area contributed by atoms with Crippen molar-refractivity contribution in [2.45, 2.75) is 230 Å². The Kier molecular flexibility index (Phi) is 39.3. The van der Waals surface area contributed by atoms with Crippen LogP contribution in [0.1, 0.15) is 146 Å². The van der Waals surface area contributed by atoms with Gasteiger partial charge in [-0.05, 0) is 88.3 Å². The number of nitrogens with zero attached hydrogens (tertiary/aromatic N) is 4. The molecule has 110 heavy (non-hydrogen) atoms. The molecule has 31 heteroatoms. The van der Waals surface area contributed by atoms with E-state index >= 15 is 19.2 Å². The van der Waals surface area contributed by atoms with Crippen molar-refractivity contribution in [3.8, 4) is 0 Å². The van der Waals surface area contributed by atoms with Gasteiger partial charge in [0.1, 0.15) is 73.1 Å². The van der Waals surface area contributed by atoms with Crippen molar-refractivity contribution in [3.63, 3.8) is 0 Å². The summed E-state index contributed by atoms with van der Waals surface area (Å²) in [5, 5.41) is 22.2. The number of nitrogens with one attached hydrogen (secondary N) is 8. The lowest BCUT2D eigenvalue weighted by Gasteiger charge is -2.36. The first-order valence-electron chi connectivity index (χ1n) is 37.3. The minimum atomic E-state index is -1.64. The molecular formula is C79H118N12O15S4. The van der Waals surface area contributed by atoms with E-state index in [9.17, 15) is 43.2 Å². The summed E-state index contributed by atoms with van der Waals surface area (Å²) in [5.74, 6) is -9.67. The number of carbonyl (C=O) groups excluding carboxylic acids is 13. The molecule has 1 fully saturated rings. The summed E-state index contributed by atoms with van der Waals surface area (Å²) < 4.78 is 10.7. The molecule has 4 rings (SSSR count). The van der Waals surface area contributed by atoms with Crippen molar-refractivity contribution in [1.82, 2.24) is 62.1 Å². The zero-order chi connectivity index (χ0) is 82.3. The molecular weight excluding hydrogens is 1490 g/mol. The topological polar surface area (TPSA) is 350 Å². The van der Waals surface area contributed by atoms with Gasteiger partial charge in [-0.15, -0.1) is 0 Å². The van der Waals surface area contributed by atoms with Crippen molar-refractivity contribution in [1.29, 1.82) is 0 Å². The summed E-state index contributed by atoms with van der Waals surface area (Å²) in [5.41, 5.74) is 1.81. The Labute approximate surface area is 665 Å². The van der Waals surface area contributed by atoms with E-state index in [0.717, 1.165) is 9.80 Å². The highest BCUT2D eigenvalue weighted by molar-refractivity contribution is 8.77. The fourth-order valence-electron chi connectivity index (χ4n) is 11.4. The van der Waals surface area contributed by atoms with Crippen molar-refractivity contribution >= 4 is 120 Å². The first-order chi connectivity index (χ1) is 51.6. The minimum absolute atomic E-state index is 0.0299. The zero-order valence-electron chi connectivity index (χ0n) is 67.1. The van der Waals surface area contributed by atoms with Crippen molar-refractivity contribution < 1.29 is 71.8 Å². The predicted octanol–water partition coefficient (Wildman–Crippen LogP) is 6.96. The van der Waals surface area contributed by atoms with Crippen molar-refractivity contribution in [3.05, 3.63) is 120 Å². The third kappa shape index (κ3) is 32.2. The third-order valence-corrected chi connectivity index (χ3v) is 24.5. The molecule has 0 aromatic heterocycles. The van der Waals surface area contributed by atoms with Gasteiger partial charge in [0.2, 0.25) is 59.1 Å². The number of hydrogen-bond donors (Lipinski definition) is 8. The Morgan fingerprint density at radius 3 is 1.55 bits per heavy atom. The maximum atomic E-state index is 15.3. The fraction of sp³-hybridized carbons (Fsp3) is 0.582. The third-order valence-electron chi connectivity index (χ3n) is 17.8. The highest BCUT2D eigenvalue weighted by atomic mass is 33.1. The summed E-state index contributed by atoms with van der Waals surface area (Å²) in [6.45, 7) is 28.5. The van der Waals surface area contributed by atoms with Crippen molar-refractivity contribution in [2.24, 2.45) is 11.8 Å². The maximum Gasteiger partial charge on any atom is 0.408 e. The largest absolute Gasteiger partial charge is 0.450 e. The Hall–Kier alpha value is -8.29. The van der Waals surface area contributed by atoms with Gasteiger partial charge in [-0.1, -0.05) is 216 Å². The van der Waals surface area contributed by atoms with E-state index in [1.165, 1.54) is 115 Å². The van der Waals surface area contributed by atoms with Crippen LogP contribution in [0.5, 0.6) is 0 Å². The fourth-order valence-corrected chi connectivity index (χ4v) is 16.3. The molecule has 3 aromatic carbocycles. The molecule has 0 aliphatic carbocycles. The van der Waals surface area contributed by atoms with Crippen LogP contribution in [0.2, 0.25) is 0 Å². The number of cyclic esters (lactones) is 1. The smallest absolute Gasteiger partial charge is 0.408 e. The number of likely N-dealkylation sites (N-methyl/N-ethyl adjacent to an activating group) is 4. The molecule has 0 radical (unpaired) electrons. The van der Waals surface area contributed by atoms with Gasteiger partial charge in [0, 0.05) is 69.2 Å². The number of esters is 1. The molecule has 1 unspecified atom stereocenters. The lowest BCUT2D eigenvalue weighted by Crippen LogP contribution is -2.60. The number of rotatable bonds is 25. The summed E-state index contributed by atoms with van der Waals surface area (Å²) in [4.78, 5) is 195. The van der Waals surface area contributed by atoms with Gasteiger partial charge in [-0.25, -0.2) is 9.59 Å². The van der Waals surface area contributed by atoms with Crippen LogP contribution < -0.4 is 42.5 Å². The molecule has 8 N–H and O–H groups in total. The number of carbonyl (C=O) groups is 13. The molecule has 12 amide bonds. The van der Waals surface area contributed by atoms with Crippen LogP contribution >= 0.6 is 43.2 Å². The second-order valence-electron chi connectivity index (χ2n) is 30.5. The normalized spacial score (nSPS) is 23.3. The Morgan fingerprint density at radius 2 is 1.00 bits per heavy atom. The maximum absolute atomic E-state index is 15.3. The van der Waals surface area contributed by atoms with Crippen LogP contribution in [0.4, 0.5) is 4.79 Å². The monoisotopic (exact) mass is 1600 g/mol. The number of hydrogen-bond acceptors (Lipinski definition) is 19. The first-order valence-corrected chi connectivity index (χ1v) is 41.9. The lowest BCUT2D eigenvalue weighted by atomic mass is 9.99. The molecule has 12 atom stereocenters. The van der Waals surface area contributed by atoms with Gasteiger partial charge in [0.25, 0.3) is 5.91 Å². The van der Waals surface area contributed by atoms with Crippen LogP contribution in [0, 0.1) is 11.8 Å². The predicted molar refractivity (Wildman–Crippen MR) is 435 cm³/mol. The average Bonchev–Trinajstić information content (AvgIpc) is 0.830. The summed E-state index contributed by atoms with van der Waals surface area (Å²) in [7, 11) is 11.1. The van der Waals surface area contributed by atoms with Gasteiger partial charge in [-0.3, -0.25) is 52.7 Å². The van der Waals surface area contributed by atoms with Crippen LogP contribution in [0.3, 0.4) is 0 Å². The molecule has 0 saturated carbocycles. The van der Waals surface area contributed by atoms with E-state index in [2.05, 4.69) is 49.1 Å². The number of benzene rings is 3. The summed E-state index contributed by atoms with van der Waals surface area (Å²) in [6.07, 6.45) is -0.991. The standard InChI is InChI=1S/C79H118N12O15S4/c1-20-40-105-77(104)87-61(46-107-109-78(10,11)12)67(94)80-39-31-30-38-57-68(95)85-59(41-48(2)3)74(101)89(17)53(9)73(100)90(18)62(42-49(4)5)70(97)82-51(7)72(99)91(19)63(45-56-36-28-23-29-37-56)75(102)88(16)52(8)66(93)81-50(6)65(92)86-60(44-55-34-26-22-27-35-55)76(103)106-64(47-108-110-79(13,14)15)71(98)84-58(69(96)83-57)43-54-32-24-21-25-33-54/h20-29,32-37,48-53,57-64H,1,30-31,38-47H2,2-19H3,(H,80,94)(H,81,93)(H,82,97)(H,83,96)(H,84,98)(H,85,95)(H,86,92)(H,87,104)/t50-,51-,52-,53-,57-,58-,59-,60-,61-,62-,63-,64?/m0/s1. The summed E-state index contributed by atoms with van der Waals surface area (Å²) >= 11 is 0. The molecule has 1 aliphatic rings. The highest BCUT2D eigenvalue weighted by Gasteiger charge is 2.41. The summed E-state index contributed by atoms with van der Waals surface area (Å²) in [6, 6.07) is 11.8. The van der Waals surface area contributed by atoms with Crippen LogP contribution in [-0.2, 0) is 86.3 Å². The Balaban J connectivity index is 1.91. The SMILES string of the molecule is C=CCOC(=O)N[C@@H](CSSC(C)(C)C)C(=O)NCCCC[C@@H]1NC(=O)[C@H](Cc2ccccc2)NC(=O)C(CSSC(C)(C)C)OC(=O)[C@H](Cc2ccccc2)NC(=O)[C@H](C)NC(=O)[C@H](C)N(C)C(=O)[C@H](Cc2ccccc2)N(C)C(=O)[C@H](C)NC(=O)[C@H](CC(C)C)N(C)C(=O)[C@H](C)N(C)C(=O)[C@H](CC(C)C)NC1=O. The number of ether oxygens (including phenoxy) is 2. The Bertz CT molecular complexity index is 3570. The van der Waals surface area contributed by atoms with Gasteiger partial charge in [0.15, 0.2) is 6.10 Å². The molecule has 0 bridgehead atoms. The van der Waals surface area contributed by atoms with E-state index in [1.54, 1.807) is 91.0 Å². The van der Waals surface area contributed by atoms with E-state index in [-0.39, 0.29) is 97.4 Å². The highest BCUT2D eigenvalue weighted by Crippen LogP contribution is 2.37. The number of unbranched alkanes of at least 4 members (excludes halogenated alkanes) is 1. The Morgan fingerprint density at radius 1 is 0.518 bits per heavy atom.